The molecule has 1 atom stereocenters. The molecule has 0 spiro atoms. The lowest BCUT2D eigenvalue weighted by Gasteiger charge is -2.10. The Morgan fingerprint density at radius 3 is 2.75 bits per heavy atom. The van der Waals surface area contributed by atoms with Crippen LogP contribution in [0.15, 0.2) is 29.7 Å². The molecule has 1 saturated carbocycles. The Bertz CT molecular complexity index is 629. The number of pyridine rings is 1. The van der Waals surface area contributed by atoms with Gasteiger partial charge in [-0.2, -0.15) is 0 Å². The first-order chi connectivity index (χ1) is 9.43. The Balaban J connectivity index is 1.75. The van der Waals surface area contributed by atoms with Crippen molar-refractivity contribution in [2.75, 3.05) is 5.75 Å². The summed E-state index contributed by atoms with van der Waals surface area (Å²) < 4.78 is 1.38. The maximum absolute atomic E-state index is 6.16. The maximum atomic E-state index is 6.16. The Morgan fingerprint density at radius 1 is 1.40 bits per heavy atom. The molecule has 0 bridgehead atoms. The topological polar surface area (TPSA) is 43.6 Å². The van der Waals surface area contributed by atoms with E-state index in [2.05, 4.69) is 22.1 Å². The van der Waals surface area contributed by atoms with Gasteiger partial charge in [-0.1, -0.05) is 18.7 Å². The lowest BCUT2D eigenvalue weighted by Crippen LogP contribution is -2.08. The average molecular weight is 329 g/mol. The zero-order valence-electron chi connectivity index (χ0n) is 11.2. The van der Waals surface area contributed by atoms with Crippen LogP contribution in [-0.4, -0.2) is 29.8 Å². The Labute approximate surface area is 131 Å². The minimum Gasteiger partial charge on any atom is -0.305 e. The maximum Gasteiger partial charge on any atom is 0.191 e. The summed E-state index contributed by atoms with van der Waals surface area (Å²) >= 11 is 13.9. The molecule has 4 nitrogen and oxygen atoms in total. The largest absolute Gasteiger partial charge is 0.305 e. The summed E-state index contributed by atoms with van der Waals surface area (Å²) in [6.07, 6.45) is 4.34. The predicted octanol–water partition coefficient (Wildman–Crippen LogP) is 3.55. The van der Waals surface area contributed by atoms with Crippen LogP contribution in [-0.2, 0) is 7.05 Å². The first-order valence-electron chi connectivity index (χ1n) is 6.23. The number of nitrogens with zero attached hydrogens (tertiary/aromatic N) is 4. The van der Waals surface area contributed by atoms with E-state index < -0.39 is 4.33 Å². The first kappa shape index (κ1) is 14.2. The third-order valence-corrected chi connectivity index (χ3v) is 6.22. The van der Waals surface area contributed by atoms with Crippen molar-refractivity contribution in [1.29, 1.82) is 0 Å². The number of alkyl halides is 2. The summed E-state index contributed by atoms with van der Waals surface area (Å²) in [5, 5.41) is 9.32. The van der Waals surface area contributed by atoms with E-state index >= 15 is 0 Å². The number of aromatic nitrogens is 4. The summed E-state index contributed by atoms with van der Waals surface area (Å²) in [7, 11) is 1.95. The van der Waals surface area contributed by atoms with Crippen molar-refractivity contribution in [2.45, 2.75) is 22.8 Å². The van der Waals surface area contributed by atoms with Gasteiger partial charge in [-0.3, -0.25) is 4.98 Å². The molecule has 1 aliphatic carbocycles. The molecule has 106 valence electrons. The number of thioether (sulfide) groups is 1. The third-order valence-electron chi connectivity index (χ3n) is 3.64. The van der Waals surface area contributed by atoms with Crippen molar-refractivity contribution >= 4 is 35.0 Å². The van der Waals surface area contributed by atoms with Crippen LogP contribution in [0.2, 0.25) is 0 Å². The van der Waals surface area contributed by atoms with Gasteiger partial charge in [0, 0.05) is 36.2 Å². The van der Waals surface area contributed by atoms with E-state index in [-0.39, 0.29) is 5.41 Å². The minimum atomic E-state index is -0.592. The summed E-state index contributed by atoms with van der Waals surface area (Å²) in [5.74, 6) is 1.64. The third kappa shape index (κ3) is 2.43. The van der Waals surface area contributed by atoms with E-state index in [9.17, 15) is 0 Å². The molecule has 0 aliphatic heterocycles. The number of hydrogen-bond donors (Lipinski definition) is 0. The van der Waals surface area contributed by atoms with Crippen molar-refractivity contribution in [3.63, 3.8) is 0 Å². The highest BCUT2D eigenvalue weighted by atomic mass is 35.5. The monoisotopic (exact) mass is 328 g/mol. The van der Waals surface area contributed by atoms with E-state index in [1.807, 2.05) is 23.7 Å². The minimum absolute atomic E-state index is 0.0405. The van der Waals surface area contributed by atoms with Crippen molar-refractivity contribution in [1.82, 2.24) is 19.7 Å². The molecule has 0 N–H and O–H groups in total. The van der Waals surface area contributed by atoms with Gasteiger partial charge in [0.2, 0.25) is 0 Å². The second-order valence-electron chi connectivity index (χ2n) is 5.34. The van der Waals surface area contributed by atoms with Gasteiger partial charge in [0.15, 0.2) is 11.0 Å². The molecule has 0 unspecified atom stereocenters. The van der Waals surface area contributed by atoms with Gasteiger partial charge in [0.1, 0.15) is 4.33 Å². The molecule has 7 heteroatoms. The molecule has 20 heavy (non-hydrogen) atoms. The van der Waals surface area contributed by atoms with Crippen LogP contribution in [0, 0.1) is 5.41 Å². The predicted molar refractivity (Wildman–Crippen MR) is 82.1 cm³/mol. The van der Waals surface area contributed by atoms with Gasteiger partial charge in [0.05, 0.1) is 0 Å². The van der Waals surface area contributed by atoms with Gasteiger partial charge in [-0.15, -0.1) is 33.4 Å². The first-order valence-corrected chi connectivity index (χ1v) is 7.98. The van der Waals surface area contributed by atoms with Gasteiger partial charge >= 0.3 is 0 Å². The van der Waals surface area contributed by atoms with Crippen LogP contribution >= 0.6 is 35.0 Å². The van der Waals surface area contributed by atoms with Crippen LogP contribution in [0.25, 0.3) is 11.4 Å². The molecule has 2 aromatic rings. The molecule has 3 rings (SSSR count). The summed E-state index contributed by atoms with van der Waals surface area (Å²) in [6.45, 7) is 2.10. The smallest absolute Gasteiger partial charge is 0.191 e. The Morgan fingerprint density at radius 2 is 2.15 bits per heavy atom. The summed E-state index contributed by atoms with van der Waals surface area (Å²) in [6, 6.07) is 3.85. The molecule has 0 amide bonds. The number of rotatable bonds is 4. The van der Waals surface area contributed by atoms with Crippen LogP contribution in [0.1, 0.15) is 13.3 Å². The highest BCUT2D eigenvalue weighted by Gasteiger charge is 2.62. The zero-order chi connectivity index (χ0) is 14.4. The second kappa shape index (κ2) is 4.90. The summed E-state index contributed by atoms with van der Waals surface area (Å²) in [4.78, 5) is 4.10. The van der Waals surface area contributed by atoms with E-state index in [0.29, 0.717) is 0 Å². The molecular weight excluding hydrogens is 315 g/mol. The number of hydrogen-bond acceptors (Lipinski definition) is 4. The molecule has 1 fully saturated rings. The van der Waals surface area contributed by atoms with E-state index in [1.165, 1.54) is 0 Å². The Hall–Kier alpha value is -0.780. The lowest BCUT2D eigenvalue weighted by molar-refractivity contribution is 0.651. The highest BCUT2D eigenvalue weighted by Crippen LogP contribution is 2.65. The number of halogens is 2. The quantitative estimate of drug-likeness (QED) is 0.635. The van der Waals surface area contributed by atoms with Crippen molar-refractivity contribution in [3.05, 3.63) is 24.5 Å². The van der Waals surface area contributed by atoms with Crippen LogP contribution in [0.5, 0.6) is 0 Å². The fraction of sp³-hybridized carbons (Fsp3) is 0.462. The van der Waals surface area contributed by atoms with Crippen LogP contribution in [0.4, 0.5) is 0 Å². The average Bonchev–Trinajstić information content (AvgIpc) is 2.75. The van der Waals surface area contributed by atoms with Gasteiger partial charge in [-0.25, -0.2) is 0 Å². The van der Waals surface area contributed by atoms with E-state index in [4.69, 9.17) is 23.2 Å². The lowest BCUT2D eigenvalue weighted by atomic mass is 10.2. The van der Waals surface area contributed by atoms with Gasteiger partial charge in [-0.05, 0) is 18.6 Å². The molecule has 0 radical (unpaired) electrons. The Kier molecular flexibility index (Phi) is 3.47. The van der Waals surface area contributed by atoms with Gasteiger partial charge in [0.25, 0.3) is 0 Å². The van der Waals surface area contributed by atoms with Crippen LogP contribution < -0.4 is 0 Å². The van der Waals surface area contributed by atoms with E-state index in [0.717, 1.165) is 28.7 Å². The van der Waals surface area contributed by atoms with Crippen LogP contribution in [0.3, 0.4) is 0 Å². The molecule has 2 aromatic heterocycles. The molecule has 1 aliphatic rings. The van der Waals surface area contributed by atoms with Crippen molar-refractivity contribution in [3.8, 4) is 11.4 Å². The fourth-order valence-corrected chi connectivity index (χ4v) is 4.07. The van der Waals surface area contributed by atoms with Gasteiger partial charge < -0.3 is 4.57 Å². The standard InChI is InChI=1S/C13H14Cl2N4S/c1-12(7-13(12,14)15)8-20-11-18-17-10(19(11)2)9-4-3-5-16-6-9/h3-6H,7-8H2,1-2H3/t12-/m0/s1. The second-order valence-corrected chi connectivity index (χ2v) is 7.76. The fourth-order valence-electron chi connectivity index (χ4n) is 2.01. The molecule has 2 heterocycles. The van der Waals surface area contributed by atoms with Crippen molar-refractivity contribution in [2.24, 2.45) is 12.5 Å². The summed E-state index contributed by atoms with van der Waals surface area (Å²) in [5.41, 5.74) is 0.914. The normalized spacial score (nSPS) is 23.8. The molecule has 0 aromatic carbocycles. The van der Waals surface area contributed by atoms with E-state index in [1.54, 1.807) is 24.2 Å². The molecule has 0 saturated heterocycles. The SMILES string of the molecule is Cn1c(SC[C@]2(C)CC2(Cl)Cl)nnc1-c1cccnc1. The molecular formula is C13H14Cl2N4S. The highest BCUT2D eigenvalue weighted by molar-refractivity contribution is 7.99. The zero-order valence-corrected chi connectivity index (χ0v) is 13.5. The van der Waals surface area contributed by atoms with Crippen molar-refractivity contribution < 1.29 is 0 Å².